The van der Waals surface area contributed by atoms with E-state index in [0.717, 1.165) is 5.56 Å². The summed E-state index contributed by atoms with van der Waals surface area (Å²) in [4.78, 5) is 11.6. The smallest absolute Gasteiger partial charge is 0.412 e. The molecule has 20 heavy (non-hydrogen) atoms. The van der Waals surface area contributed by atoms with E-state index in [4.69, 9.17) is 4.74 Å². The second-order valence-corrected chi connectivity index (χ2v) is 5.86. The molecule has 1 aromatic carbocycles. The summed E-state index contributed by atoms with van der Waals surface area (Å²) in [5.41, 5.74) is 0.641. The number of nitrogens with one attached hydrogen (secondary N) is 1. The van der Waals surface area contributed by atoms with E-state index in [1.54, 1.807) is 39.8 Å². The topological polar surface area (TPSA) is 78.8 Å². The van der Waals surface area contributed by atoms with Gasteiger partial charge in [-0.2, -0.15) is 0 Å². The van der Waals surface area contributed by atoms with Crippen LogP contribution in [-0.2, 0) is 11.2 Å². The van der Waals surface area contributed by atoms with Gasteiger partial charge in [0.1, 0.15) is 11.4 Å². The van der Waals surface area contributed by atoms with Gasteiger partial charge >= 0.3 is 6.09 Å². The molecular weight excluding hydrogens is 258 g/mol. The van der Waals surface area contributed by atoms with E-state index in [9.17, 15) is 15.0 Å². The number of hydrogen-bond donors (Lipinski definition) is 3. The SMILES string of the molecule is C[C@H](O)CCc1ccc(NC(=O)OC(C)(C)C)cc1O. The molecule has 0 heterocycles. The van der Waals surface area contributed by atoms with Crippen LogP contribution in [0.3, 0.4) is 0 Å². The summed E-state index contributed by atoms with van der Waals surface area (Å²) in [6.45, 7) is 7.05. The molecule has 0 aliphatic carbocycles. The molecule has 0 saturated carbocycles. The molecule has 1 atom stereocenters. The van der Waals surface area contributed by atoms with Crippen molar-refractivity contribution >= 4 is 11.8 Å². The van der Waals surface area contributed by atoms with Crippen molar-refractivity contribution in [1.82, 2.24) is 0 Å². The standard InChI is InChI=1S/C15H23NO4/c1-10(17)5-6-11-7-8-12(9-13(11)18)16-14(19)20-15(2,3)4/h7-10,17-18H,5-6H2,1-4H3,(H,16,19)/t10-/m0/s1. The van der Waals surface area contributed by atoms with Crippen LogP contribution >= 0.6 is 0 Å². The molecule has 112 valence electrons. The van der Waals surface area contributed by atoms with Gasteiger partial charge in [0.15, 0.2) is 0 Å². The highest BCUT2D eigenvalue weighted by molar-refractivity contribution is 5.85. The Bertz CT molecular complexity index is 463. The molecule has 3 N–H and O–H groups in total. The summed E-state index contributed by atoms with van der Waals surface area (Å²) in [6, 6.07) is 4.90. The summed E-state index contributed by atoms with van der Waals surface area (Å²) in [6.07, 6.45) is 0.186. The number of rotatable bonds is 4. The Morgan fingerprint density at radius 2 is 2.05 bits per heavy atom. The number of phenolic OH excluding ortho intramolecular Hbond substituents is 1. The summed E-state index contributed by atoms with van der Waals surface area (Å²) in [5.74, 6) is 0.0965. The maximum Gasteiger partial charge on any atom is 0.412 e. The van der Waals surface area contributed by atoms with E-state index in [1.165, 1.54) is 6.07 Å². The van der Waals surface area contributed by atoms with Crippen molar-refractivity contribution < 1.29 is 19.7 Å². The number of carbonyl (C=O) groups is 1. The Labute approximate surface area is 119 Å². The van der Waals surface area contributed by atoms with Gasteiger partial charge in [-0.25, -0.2) is 4.79 Å². The molecule has 0 radical (unpaired) electrons. The fourth-order valence-corrected chi connectivity index (χ4v) is 1.64. The predicted octanol–water partition coefficient (Wildman–Crippen LogP) is 3.05. The van der Waals surface area contributed by atoms with Crippen LogP contribution < -0.4 is 5.32 Å². The molecule has 0 aliphatic rings. The number of aliphatic hydroxyl groups excluding tert-OH is 1. The molecule has 5 nitrogen and oxygen atoms in total. The van der Waals surface area contributed by atoms with Gasteiger partial charge in [0.05, 0.1) is 6.10 Å². The van der Waals surface area contributed by atoms with Crippen LogP contribution in [0.25, 0.3) is 0 Å². The van der Waals surface area contributed by atoms with Gasteiger partial charge in [-0.05, 0) is 52.2 Å². The number of anilines is 1. The molecule has 0 unspecified atom stereocenters. The zero-order valence-electron chi connectivity index (χ0n) is 12.4. The molecule has 0 saturated heterocycles. The highest BCUT2D eigenvalue weighted by atomic mass is 16.6. The molecular formula is C15H23NO4. The molecule has 0 aromatic heterocycles. The molecule has 0 spiro atoms. The van der Waals surface area contributed by atoms with Crippen molar-refractivity contribution in [3.05, 3.63) is 23.8 Å². The van der Waals surface area contributed by atoms with Gasteiger partial charge in [-0.1, -0.05) is 6.07 Å². The normalized spacial score (nSPS) is 12.8. The van der Waals surface area contributed by atoms with Crippen LogP contribution in [0.4, 0.5) is 10.5 Å². The quantitative estimate of drug-likeness (QED) is 0.792. The minimum Gasteiger partial charge on any atom is -0.508 e. The van der Waals surface area contributed by atoms with Crippen LogP contribution in [0.2, 0.25) is 0 Å². The minimum absolute atomic E-state index is 0.0965. The van der Waals surface area contributed by atoms with Gasteiger partial charge < -0.3 is 14.9 Å². The van der Waals surface area contributed by atoms with Gasteiger partial charge in [0, 0.05) is 11.8 Å². The number of benzene rings is 1. The fraction of sp³-hybridized carbons (Fsp3) is 0.533. The third kappa shape index (κ3) is 5.93. The van der Waals surface area contributed by atoms with Crippen molar-refractivity contribution in [2.24, 2.45) is 0 Å². The van der Waals surface area contributed by atoms with Crippen molar-refractivity contribution in [1.29, 1.82) is 0 Å². The summed E-state index contributed by atoms with van der Waals surface area (Å²) < 4.78 is 5.13. The molecule has 0 bridgehead atoms. The Balaban J connectivity index is 2.65. The van der Waals surface area contributed by atoms with Gasteiger partial charge in [0.25, 0.3) is 0 Å². The Morgan fingerprint density at radius 3 is 2.55 bits per heavy atom. The van der Waals surface area contributed by atoms with Crippen molar-refractivity contribution in [2.45, 2.75) is 52.2 Å². The number of aromatic hydroxyl groups is 1. The first-order chi connectivity index (χ1) is 9.17. The van der Waals surface area contributed by atoms with Crippen molar-refractivity contribution in [2.75, 3.05) is 5.32 Å². The first kappa shape index (κ1) is 16.3. The Hall–Kier alpha value is -1.75. The average Bonchev–Trinajstić information content (AvgIpc) is 2.24. The Morgan fingerprint density at radius 1 is 1.40 bits per heavy atom. The molecule has 1 rings (SSSR count). The molecule has 0 fully saturated rings. The fourth-order valence-electron chi connectivity index (χ4n) is 1.64. The van der Waals surface area contributed by atoms with Crippen LogP contribution in [-0.4, -0.2) is 28.0 Å². The lowest BCUT2D eigenvalue weighted by Gasteiger charge is -2.19. The molecule has 5 heteroatoms. The number of carbonyl (C=O) groups excluding carboxylic acids is 1. The first-order valence-electron chi connectivity index (χ1n) is 6.67. The molecule has 1 aromatic rings. The van der Waals surface area contributed by atoms with E-state index < -0.39 is 17.8 Å². The zero-order valence-corrected chi connectivity index (χ0v) is 12.4. The van der Waals surface area contributed by atoms with E-state index >= 15 is 0 Å². The maximum absolute atomic E-state index is 11.6. The Kier molecular flexibility index (Phi) is 5.39. The average molecular weight is 281 g/mol. The molecule has 1 amide bonds. The number of phenols is 1. The van der Waals surface area contributed by atoms with Gasteiger partial charge in [-0.3, -0.25) is 5.32 Å². The van der Waals surface area contributed by atoms with Crippen LogP contribution in [0.1, 0.15) is 39.7 Å². The highest BCUT2D eigenvalue weighted by Gasteiger charge is 2.16. The van der Waals surface area contributed by atoms with Crippen LogP contribution in [0.15, 0.2) is 18.2 Å². The highest BCUT2D eigenvalue weighted by Crippen LogP contribution is 2.24. The number of amides is 1. The van der Waals surface area contributed by atoms with Crippen LogP contribution in [0.5, 0.6) is 5.75 Å². The first-order valence-corrected chi connectivity index (χ1v) is 6.67. The number of aliphatic hydroxyl groups is 1. The van der Waals surface area contributed by atoms with Crippen molar-refractivity contribution in [3.8, 4) is 5.75 Å². The second-order valence-electron chi connectivity index (χ2n) is 5.86. The minimum atomic E-state index is -0.566. The zero-order chi connectivity index (χ0) is 15.3. The number of hydrogen-bond acceptors (Lipinski definition) is 4. The lowest BCUT2D eigenvalue weighted by molar-refractivity contribution is 0.0636. The summed E-state index contributed by atoms with van der Waals surface area (Å²) in [7, 11) is 0. The van der Waals surface area contributed by atoms with E-state index in [-0.39, 0.29) is 5.75 Å². The van der Waals surface area contributed by atoms with E-state index in [0.29, 0.717) is 18.5 Å². The van der Waals surface area contributed by atoms with E-state index in [2.05, 4.69) is 5.32 Å². The largest absolute Gasteiger partial charge is 0.508 e. The monoisotopic (exact) mass is 281 g/mol. The van der Waals surface area contributed by atoms with Crippen LogP contribution in [0, 0.1) is 0 Å². The summed E-state index contributed by atoms with van der Waals surface area (Å²) >= 11 is 0. The summed E-state index contributed by atoms with van der Waals surface area (Å²) in [5, 5.41) is 21.7. The van der Waals surface area contributed by atoms with Crippen molar-refractivity contribution in [3.63, 3.8) is 0 Å². The van der Waals surface area contributed by atoms with E-state index in [1.807, 2.05) is 0 Å². The predicted molar refractivity (Wildman–Crippen MR) is 78.0 cm³/mol. The number of aryl methyl sites for hydroxylation is 1. The van der Waals surface area contributed by atoms with Gasteiger partial charge in [-0.15, -0.1) is 0 Å². The lowest BCUT2D eigenvalue weighted by Crippen LogP contribution is -2.27. The van der Waals surface area contributed by atoms with Gasteiger partial charge in [0.2, 0.25) is 0 Å². The third-order valence-electron chi connectivity index (χ3n) is 2.56. The maximum atomic E-state index is 11.6. The second kappa shape index (κ2) is 6.61. The molecule has 0 aliphatic heterocycles. The lowest BCUT2D eigenvalue weighted by atomic mass is 10.1. The number of ether oxygens (including phenoxy) is 1. The third-order valence-corrected chi connectivity index (χ3v) is 2.56.